The van der Waals surface area contributed by atoms with E-state index in [0.717, 1.165) is 23.5 Å². The zero-order valence-corrected chi connectivity index (χ0v) is 42.5. The summed E-state index contributed by atoms with van der Waals surface area (Å²) in [7, 11) is -8.17. The number of halogens is 2. The van der Waals surface area contributed by atoms with Gasteiger partial charge in [0.05, 0.1) is 22.1 Å². The molecule has 0 spiro atoms. The molecule has 0 radical (unpaired) electrons. The minimum Gasteiger partial charge on any atom is -1.00 e. The minimum absolute atomic E-state index is 0. The first-order valence-electron chi connectivity index (χ1n) is 21.0. The molecule has 0 aliphatic rings. The highest BCUT2D eigenvalue weighted by Crippen LogP contribution is 2.59. The highest BCUT2D eigenvalue weighted by atomic mass is 79.9. The maximum atomic E-state index is 14.4. The normalized spacial score (nSPS) is 11.7. The Labute approximate surface area is 398 Å². The first-order chi connectivity index (χ1) is 29.4. The fourth-order valence-corrected chi connectivity index (χ4v) is 18.1. The summed E-state index contributed by atoms with van der Waals surface area (Å²) < 4.78 is 28.7. The van der Waals surface area contributed by atoms with E-state index in [-0.39, 0.29) is 34.0 Å². The quantitative estimate of drug-likeness (QED) is 0.155. The lowest BCUT2D eigenvalue weighted by molar-refractivity contribution is -0.00100. The van der Waals surface area contributed by atoms with E-state index >= 15 is 0 Å². The predicted octanol–water partition coefficient (Wildman–Crippen LogP) is 5.37. The summed E-state index contributed by atoms with van der Waals surface area (Å²) in [4.78, 5) is 0.601. The van der Waals surface area contributed by atoms with Gasteiger partial charge in [0.15, 0.2) is 0 Å². The molecule has 0 saturated carbocycles. The Balaban J connectivity index is 0.00000330. The van der Waals surface area contributed by atoms with Gasteiger partial charge in [-0.2, -0.15) is 0 Å². The third kappa shape index (κ3) is 9.95. The number of sulfone groups is 1. The van der Waals surface area contributed by atoms with Crippen molar-refractivity contribution in [2.75, 3.05) is 0 Å². The van der Waals surface area contributed by atoms with E-state index in [2.05, 4.69) is 187 Å². The molecule has 63 heavy (non-hydrogen) atoms. The Morgan fingerprint density at radius 2 is 0.460 bits per heavy atom. The van der Waals surface area contributed by atoms with Gasteiger partial charge in [-0.3, -0.25) is 0 Å². The van der Waals surface area contributed by atoms with Gasteiger partial charge in [0.25, 0.3) is 0 Å². The second-order valence-corrected chi connectivity index (χ2v) is 25.7. The number of hydrogen-bond donors (Lipinski definition) is 0. The average molecular weight is 1010 g/mol. The van der Waals surface area contributed by atoms with Crippen LogP contribution in [0.2, 0.25) is 0 Å². The lowest BCUT2D eigenvalue weighted by Crippen LogP contribution is -3.00. The summed E-state index contributed by atoms with van der Waals surface area (Å²) in [6.45, 7) is 12.8. The molecule has 0 amide bonds. The summed E-state index contributed by atoms with van der Waals surface area (Å²) in [5.74, 6) is 0. The first kappa shape index (κ1) is 48.0. The molecular weight excluding hydrogens is 958 g/mol. The summed E-state index contributed by atoms with van der Waals surface area (Å²) in [5.41, 5.74) is 9.55. The number of hydrogen-bond acceptors (Lipinski definition) is 2. The van der Waals surface area contributed by atoms with Gasteiger partial charge in [0, 0.05) is 0 Å². The van der Waals surface area contributed by atoms with Crippen LogP contribution in [0, 0.1) is 41.5 Å². The molecule has 7 heteroatoms. The number of benzene rings is 8. The van der Waals surface area contributed by atoms with Crippen LogP contribution in [0.5, 0.6) is 0 Å². The fraction of sp³-hybridized carbons (Fsp3) is 0.143. The van der Waals surface area contributed by atoms with Crippen LogP contribution < -0.4 is 65.8 Å². The third-order valence-electron chi connectivity index (χ3n) is 12.2. The molecule has 0 saturated heterocycles. The predicted molar refractivity (Wildman–Crippen MR) is 264 cm³/mol. The van der Waals surface area contributed by atoms with Gasteiger partial charge < -0.3 is 34.0 Å². The van der Waals surface area contributed by atoms with Crippen molar-refractivity contribution in [3.63, 3.8) is 0 Å². The molecule has 8 aromatic rings. The Morgan fingerprint density at radius 3 is 0.635 bits per heavy atom. The average Bonchev–Trinajstić information content (AvgIpc) is 3.27. The van der Waals surface area contributed by atoms with Crippen molar-refractivity contribution in [1.29, 1.82) is 0 Å². The first-order valence-corrected chi connectivity index (χ1v) is 26.4. The van der Waals surface area contributed by atoms with Gasteiger partial charge in [-0.15, -0.1) is 0 Å². The van der Waals surface area contributed by atoms with Crippen molar-refractivity contribution >= 4 is 56.2 Å². The molecule has 0 heterocycles. The molecule has 8 aromatic carbocycles. The summed E-state index contributed by atoms with van der Waals surface area (Å²) >= 11 is 0. The van der Waals surface area contributed by atoms with Crippen molar-refractivity contribution in [3.8, 4) is 0 Å². The molecular formula is C56H54Br2O2P2S. The van der Waals surface area contributed by atoms with Crippen molar-refractivity contribution in [1.82, 2.24) is 0 Å². The van der Waals surface area contributed by atoms with Crippen LogP contribution in [0.3, 0.4) is 0 Å². The Hall–Kier alpha value is -4.47. The van der Waals surface area contributed by atoms with Gasteiger partial charge in [-0.05, 0) is 150 Å². The molecule has 320 valence electrons. The van der Waals surface area contributed by atoms with E-state index in [1.54, 1.807) is 24.3 Å². The Kier molecular flexibility index (Phi) is 15.3. The standard InChI is InChI=1S/C56H54O2P2S.2BrH/c1-41-7-23-49(24-8-41)59(50-25-9-42(2)10-26-50,51-27-11-43(3)12-28-51)39-47-19-35-55(36-20-47)61(57,58)56-37-21-48(22-38-56)40-60(52-29-13-44(4)14-30-52,53-31-15-45(5)16-32-53)54-33-17-46(6)18-34-54;;/h7-38H,39-40H2,1-6H3;2*1H/q+2;;/p-2. The van der Waals surface area contributed by atoms with Gasteiger partial charge in [0.1, 0.15) is 46.4 Å². The largest absolute Gasteiger partial charge is 1.00 e. The number of rotatable bonds is 12. The van der Waals surface area contributed by atoms with E-state index < -0.39 is 24.4 Å². The van der Waals surface area contributed by atoms with Gasteiger partial charge >= 0.3 is 0 Å². The molecule has 0 unspecified atom stereocenters. The topological polar surface area (TPSA) is 34.1 Å². The maximum absolute atomic E-state index is 14.4. The minimum atomic E-state index is -3.78. The zero-order chi connectivity index (χ0) is 42.8. The molecule has 0 N–H and O–H groups in total. The molecule has 0 bridgehead atoms. The Morgan fingerprint density at radius 1 is 0.286 bits per heavy atom. The van der Waals surface area contributed by atoms with Crippen LogP contribution in [0.25, 0.3) is 0 Å². The zero-order valence-electron chi connectivity index (χ0n) is 36.8. The lowest BCUT2D eigenvalue weighted by Gasteiger charge is -2.28. The van der Waals surface area contributed by atoms with Crippen LogP contribution in [0.15, 0.2) is 204 Å². The molecule has 0 aromatic heterocycles. The van der Waals surface area contributed by atoms with Crippen molar-refractivity contribution in [3.05, 3.63) is 239 Å². The van der Waals surface area contributed by atoms with Crippen molar-refractivity contribution in [2.45, 2.75) is 63.7 Å². The number of aryl methyl sites for hydroxylation is 6. The molecule has 0 aliphatic heterocycles. The molecule has 0 aliphatic carbocycles. The van der Waals surface area contributed by atoms with E-state index in [9.17, 15) is 8.42 Å². The van der Waals surface area contributed by atoms with Gasteiger partial charge in [0.2, 0.25) is 9.84 Å². The fourth-order valence-electron chi connectivity index (χ4n) is 8.47. The van der Waals surface area contributed by atoms with Crippen LogP contribution in [-0.4, -0.2) is 8.42 Å². The van der Waals surface area contributed by atoms with E-state index in [1.807, 2.05) is 24.3 Å². The van der Waals surface area contributed by atoms with Crippen molar-refractivity contribution < 1.29 is 42.4 Å². The highest BCUT2D eigenvalue weighted by Gasteiger charge is 2.47. The second-order valence-electron chi connectivity index (χ2n) is 16.7. The summed E-state index contributed by atoms with van der Waals surface area (Å²) in [5, 5.41) is 7.84. The summed E-state index contributed by atoms with van der Waals surface area (Å²) in [6, 6.07) is 69.3. The van der Waals surface area contributed by atoms with Gasteiger partial charge in [-0.25, -0.2) is 8.42 Å². The monoisotopic (exact) mass is 1010 g/mol. The van der Waals surface area contributed by atoms with Gasteiger partial charge in [-0.1, -0.05) is 130 Å². The van der Waals surface area contributed by atoms with E-state index in [1.165, 1.54) is 65.2 Å². The van der Waals surface area contributed by atoms with E-state index in [0.29, 0.717) is 9.79 Å². The van der Waals surface area contributed by atoms with Crippen LogP contribution in [0.4, 0.5) is 0 Å². The highest BCUT2D eigenvalue weighted by molar-refractivity contribution is 7.95. The molecule has 0 fully saturated rings. The SMILES string of the molecule is Cc1ccc([P+](Cc2ccc(S(=O)(=O)c3ccc(C[P+](c4ccc(C)cc4)(c4ccc(C)cc4)c4ccc(C)cc4)cc3)cc2)(c2ccc(C)cc2)c2ccc(C)cc2)cc1.[Br-].[Br-]. The molecule has 8 rings (SSSR count). The summed E-state index contributed by atoms with van der Waals surface area (Å²) in [6.07, 6.45) is 1.54. The van der Waals surface area contributed by atoms with Crippen LogP contribution in [0.1, 0.15) is 44.5 Å². The lowest BCUT2D eigenvalue weighted by atomic mass is 10.2. The van der Waals surface area contributed by atoms with Crippen LogP contribution in [-0.2, 0) is 22.2 Å². The second kappa shape index (κ2) is 20.1. The van der Waals surface area contributed by atoms with Crippen LogP contribution >= 0.6 is 14.5 Å². The Bertz CT molecular complexity index is 2440. The smallest absolute Gasteiger partial charge is 0.206 e. The third-order valence-corrected chi connectivity index (χ3v) is 22.7. The molecule has 2 nitrogen and oxygen atoms in total. The van der Waals surface area contributed by atoms with E-state index in [4.69, 9.17) is 0 Å². The maximum Gasteiger partial charge on any atom is 0.206 e. The van der Waals surface area contributed by atoms with Crippen molar-refractivity contribution in [2.24, 2.45) is 0 Å². The molecule has 0 atom stereocenters.